The fraction of sp³-hybridized carbons (Fsp3) is 0.231. The topological polar surface area (TPSA) is 56.5 Å². The number of rotatable bonds is 4. The smallest absolute Gasteiger partial charge is 0.240 e. The van der Waals surface area contributed by atoms with Crippen LogP contribution in [0.2, 0.25) is 0 Å². The molecule has 0 aliphatic heterocycles. The molecule has 92 valence electrons. The molecule has 2 rings (SSSR count). The lowest BCUT2D eigenvalue weighted by molar-refractivity contribution is 0.410. The molecule has 0 fully saturated rings. The van der Waals surface area contributed by atoms with Gasteiger partial charge >= 0.3 is 0 Å². The molecule has 5 nitrogen and oxygen atoms in total. The van der Waals surface area contributed by atoms with Crippen LogP contribution in [-0.2, 0) is 18.3 Å². The molecule has 0 amide bonds. The van der Waals surface area contributed by atoms with Crippen LogP contribution in [0.15, 0.2) is 35.5 Å². The first-order chi connectivity index (χ1) is 8.76. The molecule has 0 saturated carbocycles. The number of aryl methyl sites for hydroxylation is 1. The fourth-order valence-electron chi connectivity index (χ4n) is 1.83. The molecule has 0 aliphatic rings. The third-order valence-electron chi connectivity index (χ3n) is 2.76. The molecule has 18 heavy (non-hydrogen) atoms. The monoisotopic (exact) mass is 243 g/mol. The standard InChI is InChI=1S/C13H13N3O2/c1-16-12(11(8-15-16)14-9-17)7-10-5-3-4-6-13(10)18-2/h3-6,8H,7H2,1-2H3. The normalized spacial score (nSPS) is 9.89. The Hall–Kier alpha value is -2.39. The van der Waals surface area contributed by atoms with E-state index >= 15 is 0 Å². The Kier molecular flexibility index (Phi) is 3.55. The average Bonchev–Trinajstić information content (AvgIpc) is 2.73. The van der Waals surface area contributed by atoms with Crippen LogP contribution in [0.1, 0.15) is 11.3 Å². The van der Waals surface area contributed by atoms with E-state index in [0.717, 1.165) is 17.0 Å². The number of para-hydroxylation sites is 1. The summed E-state index contributed by atoms with van der Waals surface area (Å²) >= 11 is 0. The van der Waals surface area contributed by atoms with Crippen molar-refractivity contribution in [3.8, 4) is 5.75 Å². The molecular weight excluding hydrogens is 230 g/mol. The lowest BCUT2D eigenvalue weighted by Crippen LogP contribution is -2.01. The summed E-state index contributed by atoms with van der Waals surface area (Å²) in [4.78, 5) is 14.0. The van der Waals surface area contributed by atoms with E-state index < -0.39 is 0 Å². The first-order valence-corrected chi connectivity index (χ1v) is 5.47. The molecule has 2 aromatic rings. The number of isocyanates is 1. The summed E-state index contributed by atoms with van der Waals surface area (Å²) in [7, 11) is 3.45. The second-order valence-corrected chi connectivity index (χ2v) is 3.79. The van der Waals surface area contributed by atoms with E-state index in [1.165, 1.54) is 0 Å². The summed E-state index contributed by atoms with van der Waals surface area (Å²) < 4.78 is 6.99. The van der Waals surface area contributed by atoms with Crippen molar-refractivity contribution >= 4 is 11.8 Å². The highest BCUT2D eigenvalue weighted by molar-refractivity contribution is 5.52. The number of aliphatic imine (C=N–C) groups is 1. The van der Waals surface area contributed by atoms with Gasteiger partial charge in [-0.25, -0.2) is 4.79 Å². The second-order valence-electron chi connectivity index (χ2n) is 3.79. The van der Waals surface area contributed by atoms with Crippen molar-refractivity contribution in [2.45, 2.75) is 6.42 Å². The van der Waals surface area contributed by atoms with Gasteiger partial charge in [0.2, 0.25) is 6.08 Å². The summed E-state index contributed by atoms with van der Waals surface area (Å²) in [5.74, 6) is 0.805. The predicted molar refractivity (Wildman–Crippen MR) is 66.8 cm³/mol. The quantitative estimate of drug-likeness (QED) is 0.609. The van der Waals surface area contributed by atoms with Crippen LogP contribution in [0.3, 0.4) is 0 Å². The Labute approximate surface area is 105 Å². The minimum absolute atomic E-state index is 0.540. The maximum absolute atomic E-state index is 10.4. The highest BCUT2D eigenvalue weighted by atomic mass is 16.5. The van der Waals surface area contributed by atoms with Crippen LogP contribution in [-0.4, -0.2) is 23.0 Å². The van der Waals surface area contributed by atoms with Crippen molar-refractivity contribution in [1.82, 2.24) is 9.78 Å². The SMILES string of the molecule is COc1ccccc1Cc1c(N=C=O)cnn1C. The average molecular weight is 243 g/mol. The molecule has 0 saturated heterocycles. The van der Waals surface area contributed by atoms with Gasteiger partial charge in [0.25, 0.3) is 0 Å². The molecule has 1 aromatic carbocycles. The molecule has 0 aliphatic carbocycles. The van der Waals surface area contributed by atoms with Crippen molar-refractivity contribution < 1.29 is 9.53 Å². The Morgan fingerprint density at radius 3 is 2.94 bits per heavy atom. The third-order valence-corrected chi connectivity index (χ3v) is 2.76. The van der Waals surface area contributed by atoms with Crippen LogP contribution < -0.4 is 4.74 Å². The number of hydrogen-bond acceptors (Lipinski definition) is 4. The van der Waals surface area contributed by atoms with E-state index in [0.29, 0.717) is 12.1 Å². The van der Waals surface area contributed by atoms with Crippen molar-refractivity contribution in [3.63, 3.8) is 0 Å². The Morgan fingerprint density at radius 1 is 1.44 bits per heavy atom. The maximum atomic E-state index is 10.4. The van der Waals surface area contributed by atoms with Crippen molar-refractivity contribution in [1.29, 1.82) is 0 Å². The number of aromatic nitrogens is 2. The lowest BCUT2D eigenvalue weighted by Gasteiger charge is -2.08. The summed E-state index contributed by atoms with van der Waals surface area (Å²) in [6, 6.07) is 7.72. The zero-order valence-electron chi connectivity index (χ0n) is 10.3. The zero-order valence-corrected chi connectivity index (χ0v) is 10.3. The number of ether oxygens (including phenoxy) is 1. The van der Waals surface area contributed by atoms with Gasteiger partial charge in [0.05, 0.1) is 19.0 Å². The minimum atomic E-state index is 0.540. The van der Waals surface area contributed by atoms with E-state index in [1.807, 2.05) is 31.3 Å². The van der Waals surface area contributed by atoms with E-state index in [1.54, 1.807) is 24.1 Å². The van der Waals surface area contributed by atoms with Gasteiger partial charge < -0.3 is 4.74 Å². The van der Waals surface area contributed by atoms with Crippen LogP contribution in [0.4, 0.5) is 5.69 Å². The second kappa shape index (κ2) is 5.29. The lowest BCUT2D eigenvalue weighted by atomic mass is 10.1. The van der Waals surface area contributed by atoms with Crippen molar-refractivity contribution in [2.75, 3.05) is 7.11 Å². The molecule has 0 bridgehead atoms. The van der Waals surface area contributed by atoms with E-state index in [-0.39, 0.29) is 0 Å². The largest absolute Gasteiger partial charge is 0.496 e. The first kappa shape index (κ1) is 12.1. The van der Waals surface area contributed by atoms with Crippen molar-refractivity contribution in [3.05, 3.63) is 41.7 Å². The van der Waals surface area contributed by atoms with Crippen LogP contribution in [0.5, 0.6) is 5.75 Å². The minimum Gasteiger partial charge on any atom is -0.496 e. The van der Waals surface area contributed by atoms with Gasteiger partial charge in [-0.05, 0) is 6.07 Å². The third kappa shape index (κ3) is 2.31. The van der Waals surface area contributed by atoms with E-state index in [2.05, 4.69) is 10.1 Å². The molecule has 0 unspecified atom stereocenters. The fourth-order valence-corrected chi connectivity index (χ4v) is 1.83. The highest BCUT2D eigenvalue weighted by Crippen LogP contribution is 2.25. The summed E-state index contributed by atoms with van der Waals surface area (Å²) in [5, 5.41) is 4.09. The maximum Gasteiger partial charge on any atom is 0.240 e. The first-order valence-electron chi connectivity index (χ1n) is 5.47. The molecular formula is C13H13N3O2. The van der Waals surface area contributed by atoms with Gasteiger partial charge in [-0.3, -0.25) is 4.68 Å². The summed E-state index contributed by atoms with van der Waals surface area (Å²) in [5.41, 5.74) is 2.41. The van der Waals surface area contributed by atoms with Gasteiger partial charge in [0.15, 0.2) is 0 Å². The highest BCUT2D eigenvalue weighted by Gasteiger charge is 2.11. The molecule has 0 atom stereocenters. The Balaban J connectivity index is 2.39. The van der Waals surface area contributed by atoms with Gasteiger partial charge in [-0.15, -0.1) is 0 Å². The molecule has 0 N–H and O–H groups in total. The van der Waals surface area contributed by atoms with Gasteiger partial charge in [0.1, 0.15) is 11.4 Å². The van der Waals surface area contributed by atoms with Crippen LogP contribution in [0, 0.1) is 0 Å². The molecule has 0 radical (unpaired) electrons. The molecule has 5 heteroatoms. The van der Waals surface area contributed by atoms with E-state index in [9.17, 15) is 4.79 Å². The Morgan fingerprint density at radius 2 is 2.22 bits per heavy atom. The molecule has 1 heterocycles. The zero-order chi connectivity index (χ0) is 13.0. The number of nitrogens with zero attached hydrogens (tertiary/aromatic N) is 3. The van der Waals surface area contributed by atoms with Gasteiger partial charge in [-0.2, -0.15) is 10.1 Å². The van der Waals surface area contributed by atoms with E-state index in [4.69, 9.17) is 4.74 Å². The van der Waals surface area contributed by atoms with Crippen molar-refractivity contribution in [2.24, 2.45) is 12.0 Å². The summed E-state index contributed by atoms with van der Waals surface area (Å²) in [6.07, 6.45) is 3.69. The number of carbonyl (C=O) groups excluding carboxylic acids is 1. The predicted octanol–water partition coefficient (Wildman–Crippen LogP) is 1.99. The summed E-state index contributed by atoms with van der Waals surface area (Å²) in [6.45, 7) is 0. The molecule has 0 spiro atoms. The Bertz CT molecular complexity index is 598. The van der Waals surface area contributed by atoms with Gasteiger partial charge in [-0.1, -0.05) is 18.2 Å². The number of methoxy groups -OCH3 is 1. The van der Waals surface area contributed by atoms with Gasteiger partial charge in [0, 0.05) is 19.0 Å². The molecule has 1 aromatic heterocycles. The number of benzene rings is 1. The van der Waals surface area contributed by atoms with Crippen LogP contribution >= 0.6 is 0 Å². The number of hydrogen-bond donors (Lipinski definition) is 0. The van der Waals surface area contributed by atoms with Crippen LogP contribution in [0.25, 0.3) is 0 Å².